The fourth-order valence-electron chi connectivity index (χ4n) is 1.74. The first kappa shape index (κ1) is 36.3. The maximum absolute atomic E-state index is 8.78. The van der Waals surface area contributed by atoms with E-state index in [9.17, 15) is 0 Å². The van der Waals surface area contributed by atoms with Gasteiger partial charge in [-0.15, -0.1) is 0 Å². The van der Waals surface area contributed by atoms with Gasteiger partial charge >= 0.3 is 0 Å². The Morgan fingerprint density at radius 2 is 1.40 bits per heavy atom. The molecule has 2 unspecified atom stereocenters. The first-order valence-corrected chi connectivity index (χ1v) is 5.22. The van der Waals surface area contributed by atoms with E-state index in [2.05, 4.69) is 37.3 Å². The molecule has 0 saturated carbocycles. The number of rotatable bonds is 4. The topological polar surface area (TPSA) is 23.8 Å². The molecule has 0 N–H and O–H groups in total. The van der Waals surface area contributed by atoms with Crippen LogP contribution in [0.5, 0.6) is 0 Å². The van der Waals surface area contributed by atoms with E-state index in [0.29, 0.717) is 5.92 Å². The van der Waals surface area contributed by atoms with Crippen molar-refractivity contribution in [2.45, 2.75) is 77.2 Å². The van der Waals surface area contributed by atoms with Gasteiger partial charge in [-0.05, 0) is 31.2 Å². The molecule has 0 aliphatic heterocycles. The molecule has 1 heteroatoms. The molecule has 0 amide bonds. The summed E-state index contributed by atoms with van der Waals surface area (Å²) in [4.78, 5) is 0. The van der Waals surface area contributed by atoms with Crippen molar-refractivity contribution in [3.8, 4) is 6.07 Å². The lowest BCUT2D eigenvalue weighted by Gasteiger charge is -2.16. The Morgan fingerprint density at radius 3 is 1.75 bits per heavy atom. The van der Waals surface area contributed by atoms with Crippen LogP contribution in [0.15, 0.2) is 30.3 Å². The van der Waals surface area contributed by atoms with E-state index < -0.39 is 0 Å². The summed E-state index contributed by atoms with van der Waals surface area (Å²) in [6.07, 6.45) is 2.08. The predicted molar refractivity (Wildman–Crippen MR) is 99.3 cm³/mol. The molecule has 1 aromatic rings. The Bertz CT molecular complexity index is 297. The first-order valence-electron chi connectivity index (χ1n) is 5.22. The van der Waals surface area contributed by atoms with Gasteiger partial charge in [0.1, 0.15) is 0 Å². The maximum Gasteiger partial charge on any atom is 0.0653 e. The molecule has 0 saturated heterocycles. The Kier molecular flexibility index (Phi) is 36.4. The molecule has 0 aliphatic rings. The van der Waals surface area contributed by atoms with E-state index in [4.69, 9.17) is 5.26 Å². The maximum atomic E-state index is 8.78. The third kappa shape index (κ3) is 11.8. The second kappa shape index (κ2) is 20.0. The van der Waals surface area contributed by atoms with Crippen LogP contribution in [0.2, 0.25) is 0 Å². The summed E-state index contributed by atoms with van der Waals surface area (Å²) >= 11 is 0. The third-order valence-electron chi connectivity index (χ3n) is 2.62. The molecule has 0 bridgehead atoms. The quantitative estimate of drug-likeness (QED) is 0.559. The van der Waals surface area contributed by atoms with Crippen LogP contribution in [0.25, 0.3) is 0 Å². The van der Waals surface area contributed by atoms with E-state index in [1.165, 1.54) is 5.56 Å². The molecule has 122 valence electrons. The Balaban J connectivity index is -0.0000000817. The minimum atomic E-state index is 0. The zero-order valence-corrected chi connectivity index (χ0v) is 8.90. The van der Waals surface area contributed by atoms with Gasteiger partial charge in [-0.1, -0.05) is 81.8 Å². The second-order valence-corrected chi connectivity index (χ2v) is 3.78. The van der Waals surface area contributed by atoms with Gasteiger partial charge in [-0.25, -0.2) is 0 Å². The molecule has 2 atom stereocenters. The van der Waals surface area contributed by atoms with Gasteiger partial charge in [0.15, 0.2) is 0 Å². The molecular weight excluding hydrogens is 242 g/mol. The highest BCUT2D eigenvalue weighted by atomic mass is 14.3. The monoisotopic (exact) mass is 283 g/mol. The number of nitriles is 1. The van der Waals surface area contributed by atoms with Crippen molar-refractivity contribution in [1.29, 1.82) is 5.26 Å². The lowest BCUT2D eigenvalue weighted by molar-refractivity contribution is 0.531. The van der Waals surface area contributed by atoms with Crippen molar-refractivity contribution in [1.82, 2.24) is 0 Å². The van der Waals surface area contributed by atoms with Crippen molar-refractivity contribution in [3.63, 3.8) is 0 Å². The Morgan fingerprint density at radius 1 is 0.950 bits per heavy atom. The largest absolute Gasteiger partial charge is 0.198 e. The molecule has 20 heavy (non-hydrogen) atoms. The summed E-state index contributed by atoms with van der Waals surface area (Å²) < 4.78 is 0. The average Bonchev–Trinajstić information content (AvgIpc) is 2.26. The SMILES string of the molecule is C.C.C.C.C.C.CCC(CC(C)C#N)c1ccccc1. The molecule has 0 heterocycles. The summed E-state index contributed by atoms with van der Waals surface area (Å²) in [5.41, 5.74) is 1.36. The minimum Gasteiger partial charge on any atom is -0.198 e. The highest BCUT2D eigenvalue weighted by Crippen LogP contribution is 2.26. The summed E-state index contributed by atoms with van der Waals surface area (Å²) in [5.74, 6) is 0.686. The predicted octanol–water partition coefficient (Wildman–Crippen LogP) is 7.55. The third-order valence-corrected chi connectivity index (χ3v) is 2.62. The van der Waals surface area contributed by atoms with Crippen molar-refractivity contribution in [3.05, 3.63) is 35.9 Å². The molecule has 0 aromatic heterocycles. The van der Waals surface area contributed by atoms with Gasteiger partial charge < -0.3 is 0 Å². The molecular formula is C19H41N. The van der Waals surface area contributed by atoms with Gasteiger partial charge in [-0.3, -0.25) is 0 Å². The summed E-state index contributed by atoms with van der Waals surface area (Å²) in [5, 5.41) is 8.78. The number of hydrogen-bond acceptors (Lipinski definition) is 1. The van der Waals surface area contributed by atoms with Gasteiger partial charge in [0.2, 0.25) is 0 Å². The van der Waals surface area contributed by atoms with Crippen molar-refractivity contribution < 1.29 is 0 Å². The summed E-state index contributed by atoms with van der Waals surface area (Å²) in [6.45, 7) is 4.17. The highest BCUT2D eigenvalue weighted by Gasteiger charge is 2.12. The number of benzene rings is 1. The lowest BCUT2D eigenvalue weighted by atomic mass is 9.88. The Hall–Kier alpha value is -1.29. The lowest BCUT2D eigenvalue weighted by Crippen LogP contribution is -2.02. The van der Waals surface area contributed by atoms with Crippen LogP contribution in [0.3, 0.4) is 0 Å². The zero-order valence-electron chi connectivity index (χ0n) is 8.90. The molecule has 0 aliphatic carbocycles. The van der Waals surface area contributed by atoms with Gasteiger partial charge in [0.25, 0.3) is 0 Å². The van der Waals surface area contributed by atoms with E-state index >= 15 is 0 Å². The smallest absolute Gasteiger partial charge is 0.0653 e. The molecule has 0 fully saturated rings. The molecule has 0 radical (unpaired) electrons. The van der Waals surface area contributed by atoms with Crippen LogP contribution in [0.1, 0.15) is 82.7 Å². The highest BCUT2D eigenvalue weighted by molar-refractivity contribution is 5.19. The van der Waals surface area contributed by atoms with Crippen LogP contribution in [-0.4, -0.2) is 0 Å². The van der Waals surface area contributed by atoms with E-state index in [-0.39, 0.29) is 50.5 Å². The van der Waals surface area contributed by atoms with Gasteiger partial charge in [0, 0.05) is 5.92 Å². The summed E-state index contributed by atoms with van der Waals surface area (Å²) in [6, 6.07) is 12.8. The number of hydrogen-bond donors (Lipinski definition) is 0. The van der Waals surface area contributed by atoms with Crippen LogP contribution in [-0.2, 0) is 0 Å². The second-order valence-electron chi connectivity index (χ2n) is 3.78. The van der Waals surface area contributed by atoms with Crippen LogP contribution >= 0.6 is 0 Å². The average molecular weight is 284 g/mol. The minimum absolute atomic E-state index is 0. The van der Waals surface area contributed by atoms with Crippen molar-refractivity contribution in [2.24, 2.45) is 5.92 Å². The first-order chi connectivity index (χ1) is 6.77. The normalized spacial score (nSPS) is 10.1. The van der Waals surface area contributed by atoms with E-state index in [1.54, 1.807) is 0 Å². The molecule has 0 spiro atoms. The molecule has 1 nitrogen and oxygen atoms in total. The van der Waals surface area contributed by atoms with Crippen LogP contribution in [0.4, 0.5) is 0 Å². The molecule has 1 aromatic carbocycles. The fourth-order valence-corrected chi connectivity index (χ4v) is 1.74. The zero-order chi connectivity index (χ0) is 10.4. The molecule has 1 rings (SSSR count). The fraction of sp³-hybridized carbons (Fsp3) is 0.632. The van der Waals surface area contributed by atoms with Crippen LogP contribution in [0, 0.1) is 17.2 Å². The van der Waals surface area contributed by atoms with Gasteiger partial charge in [0.05, 0.1) is 6.07 Å². The van der Waals surface area contributed by atoms with Crippen molar-refractivity contribution in [2.75, 3.05) is 0 Å². The van der Waals surface area contributed by atoms with Crippen molar-refractivity contribution >= 4 is 0 Å². The summed E-state index contributed by atoms with van der Waals surface area (Å²) in [7, 11) is 0. The van der Waals surface area contributed by atoms with Crippen LogP contribution < -0.4 is 0 Å². The Labute approximate surface area is 131 Å². The number of nitrogens with zero attached hydrogens (tertiary/aromatic N) is 1. The van der Waals surface area contributed by atoms with Gasteiger partial charge in [-0.2, -0.15) is 5.26 Å². The standard InChI is InChI=1S/C13H17N.6CH4/c1-3-12(9-11(2)10-14)13-7-5-4-6-8-13;;;;;;/h4-8,11-12H,3,9H2,1-2H3;6*1H4. The van der Waals surface area contributed by atoms with E-state index in [0.717, 1.165) is 12.8 Å². The van der Waals surface area contributed by atoms with E-state index in [1.807, 2.05) is 13.0 Å².